The highest BCUT2D eigenvalue weighted by Gasteiger charge is 2.40. The van der Waals surface area contributed by atoms with Crippen molar-refractivity contribution >= 4 is 29.1 Å². The number of nitriles is 1. The maximum absolute atomic E-state index is 12.9. The molecule has 1 aliphatic rings. The second kappa shape index (κ2) is 7.52. The van der Waals surface area contributed by atoms with Crippen LogP contribution in [0.5, 0.6) is 0 Å². The monoisotopic (exact) mass is 407 g/mol. The van der Waals surface area contributed by atoms with Crippen LogP contribution in [-0.2, 0) is 4.79 Å². The quantitative estimate of drug-likeness (QED) is 0.837. The summed E-state index contributed by atoms with van der Waals surface area (Å²) in [6.07, 6.45) is -4.59. The van der Waals surface area contributed by atoms with Gasteiger partial charge < -0.3 is 10.2 Å². The van der Waals surface area contributed by atoms with Gasteiger partial charge in [0.25, 0.3) is 5.91 Å². The molecule has 0 unspecified atom stereocenters. The van der Waals surface area contributed by atoms with Crippen LogP contribution in [0.2, 0.25) is 5.02 Å². The summed E-state index contributed by atoms with van der Waals surface area (Å²) in [5.74, 6) is -2.37. The zero-order valence-electron chi connectivity index (χ0n) is 14.3. The molecule has 0 aliphatic carbocycles. The van der Waals surface area contributed by atoms with Crippen molar-refractivity contribution < 1.29 is 22.8 Å². The molecule has 0 spiro atoms. The molecule has 1 heterocycles. The normalized spacial score (nSPS) is 16.3. The first-order valence-electron chi connectivity index (χ1n) is 8.14. The Morgan fingerprint density at radius 1 is 1.29 bits per heavy atom. The Hall–Kier alpha value is -3.05. The third-order valence-corrected chi connectivity index (χ3v) is 4.46. The van der Waals surface area contributed by atoms with Crippen LogP contribution in [0.1, 0.15) is 27.4 Å². The van der Waals surface area contributed by atoms with Crippen molar-refractivity contribution in [3.8, 4) is 6.07 Å². The van der Waals surface area contributed by atoms with E-state index in [2.05, 4.69) is 5.32 Å². The van der Waals surface area contributed by atoms with Gasteiger partial charge in [-0.25, -0.2) is 0 Å². The molecule has 0 aromatic heterocycles. The molecule has 0 saturated carbocycles. The minimum absolute atomic E-state index is 0.0574. The summed E-state index contributed by atoms with van der Waals surface area (Å²) >= 11 is 5.91. The molecule has 0 fully saturated rings. The van der Waals surface area contributed by atoms with E-state index < -0.39 is 37.0 Å². The summed E-state index contributed by atoms with van der Waals surface area (Å²) in [5.41, 5.74) is 0.874. The highest BCUT2D eigenvalue weighted by molar-refractivity contribution is 6.31. The number of benzene rings is 2. The van der Waals surface area contributed by atoms with Crippen LogP contribution in [0.3, 0.4) is 0 Å². The summed E-state index contributed by atoms with van der Waals surface area (Å²) in [4.78, 5) is 25.8. The summed E-state index contributed by atoms with van der Waals surface area (Å²) in [6.45, 7) is -1.85. The fraction of sp³-hybridized carbons (Fsp3) is 0.211. The Morgan fingerprint density at radius 2 is 2.00 bits per heavy atom. The number of nitrogens with one attached hydrogen (secondary N) is 1. The second-order valence-electron chi connectivity index (χ2n) is 6.27. The smallest absolute Gasteiger partial charge is 0.328 e. The van der Waals surface area contributed by atoms with E-state index in [4.69, 9.17) is 16.9 Å². The highest BCUT2D eigenvalue weighted by atomic mass is 35.5. The summed E-state index contributed by atoms with van der Waals surface area (Å²) < 4.78 is 38.6. The van der Waals surface area contributed by atoms with Gasteiger partial charge in [0, 0.05) is 22.8 Å². The number of halogens is 4. The molecule has 1 aliphatic heterocycles. The van der Waals surface area contributed by atoms with Gasteiger partial charge in [0.15, 0.2) is 0 Å². The molecular formula is C19H13ClF3N3O2. The van der Waals surface area contributed by atoms with Crippen molar-refractivity contribution in [1.82, 2.24) is 4.90 Å². The van der Waals surface area contributed by atoms with Crippen molar-refractivity contribution in [3.05, 3.63) is 64.2 Å². The minimum atomic E-state index is -4.59. The van der Waals surface area contributed by atoms with E-state index in [0.29, 0.717) is 10.5 Å². The van der Waals surface area contributed by atoms with E-state index in [1.54, 1.807) is 12.1 Å². The Labute approximate surface area is 163 Å². The van der Waals surface area contributed by atoms with E-state index in [9.17, 15) is 22.8 Å². The summed E-state index contributed by atoms with van der Waals surface area (Å²) in [5, 5.41) is 11.8. The standard InChI is InChI=1S/C19H13ClF3N3O2/c20-12-5-11(8-24)6-13(7-12)25-17(27)16-9-26(10-19(21,22)23)18(28)15-4-2-1-3-14(15)16/h1-7,16H,9-10H2,(H,25,27)/t16-/m0/s1. The SMILES string of the molecule is N#Cc1cc(Cl)cc(NC(=O)[C@H]2CN(CC(F)(F)F)C(=O)c3ccccc32)c1. The van der Waals surface area contributed by atoms with Crippen molar-refractivity contribution in [1.29, 1.82) is 5.26 Å². The molecule has 9 heteroatoms. The lowest BCUT2D eigenvalue weighted by Crippen LogP contribution is -2.47. The van der Waals surface area contributed by atoms with Gasteiger partial charge in [-0.2, -0.15) is 18.4 Å². The minimum Gasteiger partial charge on any atom is -0.328 e. The molecule has 0 radical (unpaired) electrons. The van der Waals surface area contributed by atoms with Crippen molar-refractivity contribution in [3.63, 3.8) is 0 Å². The third kappa shape index (κ3) is 4.26. The van der Waals surface area contributed by atoms with Gasteiger partial charge in [-0.15, -0.1) is 0 Å². The first-order valence-corrected chi connectivity index (χ1v) is 8.52. The van der Waals surface area contributed by atoms with Crippen LogP contribution >= 0.6 is 11.6 Å². The summed E-state index contributed by atoms with van der Waals surface area (Å²) in [6, 6.07) is 12.2. The van der Waals surface area contributed by atoms with Crippen LogP contribution in [-0.4, -0.2) is 36.0 Å². The zero-order chi connectivity index (χ0) is 20.5. The van der Waals surface area contributed by atoms with E-state index in [-0.39, 0.29) is 21.8 Å². The molecule has 2 amide bonds. The van der Waals surface area contributed by atoms with E-state index in [1.807, 2.05) is 6.07 Å². The van der Waals surface area contributed by atoms with Crippen LogP contribution in [0.25, 0.3) is 0 Å². The largest absolute Gasteiger partial charge is 0.406 e. The Bertz CT molecular complexity index is 985. The number of nitrogens with zero attached hydrogens (tertiary/aromatic N) is 2. The molecular weight excluding hydrogens is 395 g/mol. The molecule has 0 bridgehead atoms. The van der Waals surface area contributed by atoms with Crippen molar-refractivity contribution in [2.24, 2.45) is 0 Å². The molecule has 2 aromatic rings. The number of carbonyl (C=O) groups is 2. The number of anilines is 1. The first kappa shape index (κ1) is 19.7. The van der Waals surface area contributed by atoms with E-state index in [0.717, 1.165) is 0 Å². The van der Waals surface area contributed by atoms with Gasteiger partial charge in [0.05, 0.1) is 17.6 Å². The van der Waals surface area contributed by atoms with Crippen LogP contribution in [0.4, 0.5) is 18.9 Å². The molecule has 3 rings (SSSR count). The van der Waals surface area contributed by atoms with E-state index >= 15 is 0 Å². The fourth-order valence-corrected chi connectivity index (χ4v) is 3.34. The van der Waals surface area contributed by atoms with E-state index in [1.165, 1.54) is 30.3 Å². The van der Waals surface area contributed by atoms with Gasteiger partial charge in [0.2, 0.25) is 5.91 Å². The van der Waals surface area contributed by atoms with Crippen LogP contribution in [0, 0.1) is 11.3 Å². The second-order valence-corrected chi connectivity index (χ2v) is 6.71. The molecule has 5 nitrogen and oxygen atoms in total. The van der Waals surface area contributed by atoms with Crippen molar-refractivity contribution in [2.45, 2.75) is 12.1 Å². The average Bonchev–Trinajstić information content (AvgIpc) is 2.62. The highest BCUT2D eigenvalue weighted by Crippen LogP contribution is 2.31. The molecule has 1 atom stereocenters. The Kier molecular flexibility index (Phi) is 5.29. The van der Waals surface area contributed by atoms with Gasteiger partial charge >= 0.3 is 6.18 Å². The molecule has 28 heavy (non-hydrogen) atoms. The third-order valence-electron chi connectivity index (χ3n) is 4.24. The molecule has 1 N–H and O–H groups in total. The predicted molar refractivity (Wildman–Crippen MR) is 95.9 cm³/mol. The number of amides is 2. The average molecular weight is 408 g/mol. The summed E-state index contributed by atoms with van der Waals surface area (Å²) in [7, 11) is 0. The van der Waals surface area contributed by atoms with Crippen LogP contribution < -0.4 is 5.32 Å². The molecule has 2 aromatic carbocycles. The first-order chi connectivity index (χ1) is 13.2. The number of alkyl halides is 3. The maximum Gasteiger partial charge on any atom is 0.406 e. The number of fused-ring (bicyclic) bond motifs is 1. The molecule has 144 valence electrons. The number of carbonyl (C=O) groups excluding carboxylic acids is 2. The fourth-order valence-electron chi connectivity index (χ4n) is 3.10. The Balaban J connectivity index is 1.92. The lowest BCUT2D eigenvalue weighted by atomic mass is 9.88. The number of hydrogen-bond acceptors (Lipinski definition) is 3. The lowest BCUT2D eigenvalue weighted by molar-refractivity contribution is -0.142. The molecule has 0 saturated heterocycles. The lowest BCUT2D eigenvalue weighted by Gasteiger charge is -2.34. The maximum atomic E-state index is 12.9. The van der Waals surface area contributed by atoms with Crippen molar-refractivity contribution in [2.75, 3.05) is 18.4 Å². The Morgan fingerprint density at radius 3 is 2.68 bits per heavy atom. The zero-order valence-corrected chi connectivity index (χ0v) is 15.0. The topological polar surface area (TPSA) is 73.2 Å². The van der Waals surface area contributed by atoms with Crippen LogP contribution in [0.15, 0.2) is 42.5 Å². The van der Waals surface area contributed by atoms with Gasteiger partial charge in [-0.3, -0.25) is 9.59 Å². The number of rotatable bonds is 3. The van der Waals surface area contributed by atoms with Gasteiger partial charge in [-0.1, -0.05) is 29.8 Å². The predicted octanol–water partition coefficient (Wildman–Crippen LogP) is 3.95. The van der Waals surface area contributed by atoms with Gasteiger partial charge in [-0.05, 0) is 29.8 Å². The van der Waals surface area contributed by atoms with Gasteiger partial charge in [0.1, 0.15) is 6.54 Å². The number of hydrogen-bond donors (Lipinski definition) is 1.